The van der Waals surface area contributed by atoms with Gasteiger partial charge in [-0.15, -0.1) is 7.96 Å². The fourth-order valence-corrected chi connectivity index (χ4v) is 0. The first-order valence-corrected chi connectivity index (χ1v) is 6.59. The van der Waals surface area contributed by atoms with Crippen molar-refractivity contribution in [2.75, 3.05) is 0 Å². The van der Waals surface area contributed by atoms with Crippen LogP contribution in [0, 0.1) is 0 Å². The van der Waals surface area contributed by atoms with Crippen molar-refractivity contribution in [1.82, 2.24) is 0 Å². The van der Waals surface area contributed by atoms with Gasteiger partial charge < -0.3 is 8.44 Å². The molecule has 0 saturated heterocycles. The normalized spacial score (nSPS) is 16.0. The summed E-state index contributed by atoms with van der Waals surface area (Å²) in [6, 6.07) is 0. The second-order valence-corrected chi connectivity index (χ2v) is 11.3. The Morgan fingerprint density at radius 1 is 2.20 bits per heavy atom. The van der Waals surface area contributed by atoms with Crippen LogP contribution in [-0.2, 0) is 6.86 Å². The topological polar surface area (TPSA) is 0 Å². The molecule has 0 nitrogen and oxygen atoms in total. The smallest absolute Gasteiger partial charge is 0.478 e. The van der Waals surface area contributed by atoms with Crippen LogP contribution >= 0.6 is 37.6 Å². The summed E-state index contributed by atoms with van der Waals surface area (Å²) in [6.45, 7) is 0.0919. The summed E-state index contributed by atoms with van der Waals surface area (Å²) in [4.78, 5) is 0. The molecule has 5 heteroatoms. The Hall–Kier alpha value is 2.41. The summed E-state index contributed by atoms with van der Waals surface area (Å²) < 4.78 is 6.59. The molecule has 0 aliphatic heterocycles. The van der Waals surface area contributed by atoms with Gasteiger partial charge in [0.1, 0.15) is 0 Å². The zero-order valence-electron chi connectivity index (χ0n) is 3.73. The molecule has 0 radical (unpaired) electrons. The summed E-state index contributed by atoms with van der Waals surface area (Å²) in [7, 11) is 3.91. The molecule has 0 saturated carbocycles. The molecule has 0 aromatic carbocycles. The maximum Gasteiger partial charge on any atom is 1.00 e. The minimum Gasteiger partial charge on any atom is -0.478 e. The minimum atomic E-state index is 0. The van der Waals surface area contributed by atoms with Crippen LogP contribution in [0.25, 0.3) is 0 Å². The number of rotatable bonds is 0. The zero-order valence-corrected chi connectivity index (χ0v) is 7.60. The Bertz CT molecular complexity index is 51.5. The second-order valence-electron chi connectivity index (χ2n) is 0.237. The van der Waals surface area contributed by atoms with Crippen molar-refractivity contribution in [3.63, 3.8) is 0 Å². The molecule has 0 spiro atoms. The van der Waals surface area contributed by atoms with Crippen LogP contribution < -0.4 is 18.9 Å². The Morgan fingerprint density at radius 2 is 2.40 bits per heavy atom. The van der Waals surface area contributed by atoms with Crippen LogP contribution in [-0.4, -0.2) is 1.28 Å². The molecule has 0 bridgehead atoms. The largest absolute Gasteiger partial charge is 1.00 e. The van der Waals surface area contributed by atoms with Gasteiger partial charge in [-0.05, 0) is 21.2 Å². The van der Waals surface area contributed by atoms with Crippen LogP contribution in [0.15, 0.2) is 0 Å². The number of hydrogen-bond donors (Lipinski definition) is 0. The van der Waals surface area contributed by atoms with Crippen molar-refractivity contribution in [1.29, 1.82) is 1.28 Å². The third-order valence-electron chi connectivity index (χ3n) is 0. The molecule has 0 rings (SSSR count). The molecule has 26 valence electrons. The predicted molar refractivity (Wildman–Crippen MR) is 38.0 cm³/mol. The van der Waals surface area contributed by atoms with Crippen molar-refractivity contribution in [2.45, 2.75) is 0 Å². The summed E-state index contributed by atoms with van der Waals surface area (Å²) >= 11 is 2.15. The van der Waals surface area contributed by atoms with E-state index in [-0.39, 0.29) is 25.7 Å². The third-order valence-corrected chi connectivity index (χ3v) is 0. The van der Waals surface area contributed by atoms with E-state index in [2.05, 4.69) is 29.6 Å². The van der Waals surface area contributed by atoms with E-state index in [9.17, 15) is 0 Å². The molecule has 0 aliphatic rings. The van der Waals surface area contributed by atoms with Crippen molar-refractivity contribution < 1.29 is 18.9 Å². The van der Waals surface area contributed by atoms with E-state index in [1.54, 1.807) is 0 Å². The van der Waals surface area contributed by atoms with Crippen molar-refractivity contribution in [2.24, 2.45) is 0 Å². The summed E-state index contributed by atoms with van der Waals surface area (Å²) in [5, 5.41) is 0. The summed E-state index contributed by atoms with van der Waals surface area (Å²) in [5.74, 6) is 0. The molecule has 5 heavy (non-hydrogen) atoms. The van der Waals surface area contributed by atoms with Gasteiger partial charge >= 0.3 is 18.9 Å². The van der Waals surface area contributed by atoms with E-state index in [0.29, 0.717) is 7.96 Å². The van der Waals surface area contributed by atoms with Crippen molar-refractivity contribution in [3.8, 4) is 0 Å². The van der Waals surface area contributed by atoms with Crippen LogP contribution in [0.4, 0.5) is 0 Å². The molecule has 0 aliphatic carbocycles. The Kier molecular flexibility index (Phi) is 9.49. The SMILES string of the molecule is [2H]P=S([PH-])I.[Li+]. The van der Waals surface area contributed by atoms with Gasteiger partial charge in [0.2, 0.25) is 0 Å². The van der Waals surface area contributed by atoms with E-state index in [4.69, 9.17) is 1.28 Å². The minimum absolute atomic E-state index is 0. The second kappa shape index (κ2) is 6.41. The van der Waals surface area contributed by atoms with Gasteiger partial charge in [-0.1, -0.05) is 0 Å². The first-order valence-electron chi connectivity index (χ1n) is 0.988. The van der Waals surface area contributed by atoms with Crippen molar-refractivity contribution in [3.05, 3.63) is 0 Å². The van der Waals surface area contributed by atoms with E-state index >= 15 is 0 Å². The van der Waals surface area contributed by atoms with Gasteiger partial charge in [-0.3, -0.25) is 6.86 Å². The number of hydrogen-bond acceptors (Lipinski definition) is 0. The van der Waals surface area contributed by atoms with Crippen LogP contribution in [0.5, 0.6) is 0 Å². The Morgan fingerprint density at radius 3 is 2.40 bits per heavy atom. The van der Waals surface area contributed by atoms with Crippen molar-refractivity contribution >= 4 is 44.5 Å². The Labute approximate surface area is 64.0 Å². The average molecular weight is 231 g/mol. The van der Waals surface area contributed by atoms with Gasteiger partial charge in [0, 0.05) is 0 Å². The summed E-state index contributed by atoms with van der Waals surface area (Å²) in [6.07, 6.45) is 0. The van der Waals surface area contributed by atoms with E-state index in [1.807, 2.05) is 0 Å². The van der Waals surface area contributed by atoms with Crippen LogP contribution in [0.3, 0.4) is 0 Å². The maximum atomic E-state index is 6.59. The van der Waals surface area contributed by atoms with E-state index in [0.717, 1.165) is 0 Å². The molecule has 0 heterocycles. The van der Waals surface area contributed by atoms with Gasteiger partial charge in [0.05, 0.1) is 1.28 Å². The molecular weight excluding hydrogens is 228 g/mol. The molecule has 0 amide bonds. The van der Waals surface area contributed by atoms with Gasteiger partial charge in [-0.2, -0.15) is 0 Å². The zero-order chi connectivity index (χ0) is 4.28. The van der Waals surface area contributed by atoms with Gasteiger partial charge in [0.25, 0.3) is 0 Å². The van der Waals surface area contributed by atoms with Crippen LogP contribution in [0.1, 0.15) is 0 Å². The molecule has 0 aromatic rings. The van der Waals surface area contributed by atoms with E-state index < -0.39 is 0 Å². The monoisotopic (exact) mass is 231 g/mol. The van der Waals surface area contributed by atoms with Crippen LogP contribution in [0.2, 0.25) is 0 Å². The molecule has 1 unspecified atom stereocenters. The molecule has 1 atom stereocenters. The fraction of sp³-hybridized carbons (Fsp3) is 0. The fourth-order valence-electron chi connectivity index (χ4n) is 0. The number of halogens is 1. The third kappa shape index (κ3) is 21.5. The first kappa shape index (κ1) is 7.41. The predicted octanol–water partition coefficient (Wildman–Crippen LogP) is -0.926. The molecular formula is H2ILiP2S. The standard InChI is InChI=1S/H2IP2S.Li/c1-4(2)3;/h2-3H;/q-1;+1/i2D;. The Balaban J connectivity index is 0. The quantitative estimate of drug-likeness (QED) is 0.287. The van der Waals surface area contributed by atoms with Gasteiger partial charge in [0.15, 0.2) is 0 Å². The molecule has 0 aromatic heterocycles. The molecule has 0 N–H and O–H groups in total. The van der Waals surface area contributed by atoms with E-state index in [1.165, 1.54) is 0 Å². The average Bonchev–Trinajstić information content (AvgIpc) is 1.38. The maximum absolute atomic E-state index is 6.59. The summed E-state index contributed by atoms with van der Waals surface area (Å²) in [5.41, 5.74) is 0. The molecule has 0 fully saturated rings. The first-order chi connectivity index (χ1) is 2.27. The van der Waals surface area contributed by atoms with Gasteiger partial charge in [-0.25, -0.2) is 0 Å².